The van der Waals surface area contributed by atoms with Crippen LogP contribution in [0.4, 0.5) is 5.95 Å². The highest BCUT2D eigenvalue weighted by molar-refractivity contribution is 6.30. The lowest BCUT2D eigenvalue weighted by molar-refractivity contribution is 0.0610. The molecule has 1 saturated heterocycles. The number of hydrogen-bond donors (Lipinski definition) is 1. The fraction of sp³-hybridized carbons (Fsp3) is 0.368. The van der Waals surface area contributed by atoms with Crippen molar-refractivity contribution >= 4 is 23.5 Å². The maximum atomic E-state index is 13.4. The van der Waals surface area contributed by atoms with Crippen LogP contribution >= 0.6 is 11.6 Å². The summed E-state index contributed by atoms with van der Waals surface area (Å²) >= 11 is 5.86. The first-order chi connectivity index (χ1) is 14.0. The standard InChI is InChI=1S/C19H21ClN8O/c1-12-8-16(28-24-5-6-25-28)17(21-9-12)18(29)27-7-3-4-15(13(27)2)26-19-22-10-14(20)11-23-19/h5-6,8-11,13,15H,3-4,7H2,1-2H3,(H,22,23,26). The molecule has 1 amide bonds. The van der Waals surface area contributed by atoms with Crippen LogP contribution in [0, 0.1) is 6.92 Å². The van der Waals surface area contributed by atoms with Crippen LogP contribution in [-0.4, -0.2) is 59.4 Å². The molecule has 0 aliphatic carbocycles. The normalized spacial score (nSPS) is 19.2. The Morgan fingerprint density at radius 2 is 1.90 bits per heavy atom. The number of pyridine rings is 1. The van der Waals surface area contributed by atoms with Gasteiger partial charge in [0.05, 0.1) is 29.8 Å². The van der Waals surface area contributed by atoms with Gasteiger partial charge in [0.15, 0.2) is 5.69 Å². The highest BCUT2D eigenvalue weighted by Gasteiger charge is 2.34. The third-order valence-electron chi connectivity index (χ3n) is 5.02. The molecule has 2 atom stereocenters. The molecule has 1 fully saturated rings. The first-order valence-corrected chi connectivity index (χ1v) is 9.79. The van der Waals surface area contributed by atoms with Crippen molar-refractivity contribution in [1.82, 2.24) is 34.8 Å². The highest BCUT2D eigenvalue weighted by atomic mass is 35.5. The number of amides is 1. The zero-order valence-electron chi connectivity index (χ0n) is 16.2. The maximum Gasteiger partial charge on any atom is 0.275 e. The molecule has 4 rings (SSSR count). The Bertz CT molecular complexity index is 992. The Labute approximate surface area is 173 Å². The van der Waals surface area contributed by atoms with E-state index in [9.17, 15) is 4.79 Å². The molecule has 1 aliphatic rings. The van der Waals surface area contributed by atoms with Crippen LogP contribution in [-0.2, 0) is 0 Å². The van der Waals surface area contributed by atoms with E-state index >= 15 is 0 Å². The minimum Gasteiger partial charge on any atom is -0.349 e. The molecule has 0 bridgehead atoms. The molecule has 10 heteroatoms. The molecule has 2 unspecified atom stereocenters. The van der Waals surface area contributed by atoms with Gasteiger partial charge in [-0.2, -0.15) is 10.2 Å². The predicted molar refractivity (Wildman–Crippen MR) is 108 cm³/mol. The average Bonchev–Trinajstić information content (AvgIpc) is 3.25. The van der Waals surface area contributed by atoms with E-state index in [1.165, 1.54) is 4.80 Å². The van der Waals surface area contributed by atoms with Crippen LogP contribution in [0.2, 0.25) is 5.02 Å². The van der Waals surface area contributed by atoms with Crippen LogP contribution in [0.25, 0.3) is 5.69 Å². The summed E-state index contributed by atoms with van der Waals surface area (Å²) in [5.74, 6) is 0.351. The van der Waals surface area contributed by atoms with Crippen molar-refractivity contribution in [1.29, 1.82) is 0 Å². The number of aryl methyl sites for hydroxylation is 1. The number of piperidine rings is 1. The molecule has 3 aromatic heterocycles. The summed E-state index contributed by atoms with van der Waals surface area (Å²) in [6.07, 6.45) is 9.71. The number of carbonyl (C=O) groups excluding carboxylic acids is 1. The quantitative estimate of drug-likeness (QED) is 0.702. The van der Waals surface area contributed by atoms with E-state index < -0.39 is 0 Å². The second kappa shape index (κ2) is 8.12. The van der Waals surface area contributed by atoms with Gasteiger partial charge in [0.1, 0.15) is 5.69 Å². The Morgan fingerprint density at radius 1 is 1.17 bits per heavy atom. The minimum absolute atomic E-state index is 0.0191. The van der Waals surface area contributed by atoms with Gasteiger partial charge in [-0.15, -0.1) is 4.80 Å². The van der Waals surface area contributed by atoms with Gasteiger partial charge < -0.3 is 10.2 Å². The fourth-order valence-electron chi connectivity index (χ4n) is 3.52. The van der Waals surface area contributed by atoms with Crippen LogP contribution in [0.3, 0.4) is 0 Å². The van der Waals surface area contributed by atoms with Crippen LogP contribution < -0.4 is 5.32 Å². The molecular formula is C19H21ClN8O. The molecule has 0 saturated carbocycles. The van der Waals surface area contributed by atoms with Gasteiger partial charge in [0.25, 0.3) is 5.91 Å². The topological polar surface area (TPSA) is 102 Å². The number of aromatic nitrogens is 6. The monoisotopic (exact) mass is 412 g/mol. The lowest BCUT2D eigenvalue weighted by atomic mass is 9.97. The third-order valence-corrected chi connectivity index (χ3v) is 5.22. The average molecular weight is 413 g/mol. The summed E-state index contributed by atoms with van der Waals surface area (Å²) in [5, 5.41) is 12.1. The third kappa shape index (κ3) is 4.04. The zero-order chi connectivity index (χ0) is 20.4. The van der Waals surface area contributed by atoms with Crippen molar-refractivity contribution in [3.8, 4) is 5.69 Å². The van der Waals surface area contributed by atoms with Crippen LogP contribution in [0.15, 0.2) is 37.1 Å². The van der Waals surface area contributed by atoms with Crippen molar-refractivity contribution in [3.05, 3.63) is 53.3 Å². The largest absolute Gasteiger partial charge is 0.349 e. The van der Waals surface area contributed by atoms with E-state index in [4.69, 9.17) is 11.6 Å². The number of nitrogens with one attached hydrogen (secondary N) is 1. The van der Waals surface area contributed by atoms with Crippen LogP contribution in [0.5, 0.6) is 0 Å². The number of likely N-dealkylation sites (tertiary alicyclic amines) is 1. The van der Waals surface area contributed by atoms with E-state index in [0.29, 0.717) is 28.9 Å². The summed E-state index contributed by atoms with van der Waals surface area (Å²) in [4.78, 5) is 29.5. The number of anilines is 1. The summed E-state index contributed by atoms with van der Waals surface area (Å²) in [7, 11) is 0. The van der Waals surface area contributed by atoms with E-state index in [0.717, 1.165) is 18.4 Å². The van der Waals surface area contributed by atoms with Crippen molar-refractivity contribution in [3.63, 3.8) is 0 Å². The second-order valence-electron chi connectivity index (χ2n) is 7.06. The molecular weight excluding hydrogens is 392 g/mol. The lowest BCUT2D eigenvalue weighted by Gasteiger charge is -2.39. The van der Waals surface area contributed by atoms with E-state index in [-0.39, 0.29) is 18.0 Å². The summed E-state index contributed by atoms with van der Waals surface area (Å²) in [6.45, 7) is 4.59. The summed E-state index contributed by atoms with van der Waals surface area (Å²) in [5.41, 5.74) is 1.84. The molecule has 0 spiro atoms. The highest BCUT2D eigenvalue weighted by Crippen LogP contribution is 2.24. The van der Waals surface area contributed by atoms with E-state index in [1.54, 1.807) is 31.0 Å². The van der Waals surface area contributed by atoms with Crippen molar-refractivity contribution < 1.29 is 4.79 Å². The van der Waals surface area contributed by atoms with Crippen molar-refractivity contribution in [2.75, 3.05) is 11.9 Å². The Morgan fingerprint density at radius 3 is 2.62 bits per heavy atom. The Hall–Kier alpha value is -3.07. The first-order valence-electron chi connectivity index (χ1n) is 9.41. The van der Waals surface area contributed by atoms with Crippen molar-refractivity contribution in [2.45, 2.75) is 38.8 Å². The van der Waals surface area contributed by atoms with Gasteiger partial charge >= 0.3 is 0 Å². The molecule has 1 N–H and O–H groups in total. The van der Waals surface area contributed by atoms with Gasteiger partial charge in [-0.25, -0.2) is 15.0 Å². The molecule has 0 radical (unpaired) electrons. The van der Waals surface area contributed by atoms with Gasteiger partial charge in [0.2, 0.25) is 5.95 Å². The Kier molecular flexibility index (Phi) is 5.39. The number of carbonyl (C=O) groups is 1. The molecule has 4 heterocycles. The van der Waals surface area contributed by atoms with E-state index in [1.807, 2.05) is 24.8 Å². The molecule has 3 aromatic rings. The number of hydrogen-bond acceptors (Lipinski definition) is 7. The summed E-state index contributed by atoms with van der Waals surface area (Å²) < 4.78 is 0. The fourth-order valence-corrected chi connectivity index (χ4v) is 3.62. The number of rotatable bonds is 4. The minimum atomic E-state index is -0.145. The van der Waals surface area contributed by atoms with Gasteiger partial charge in [-0.05, 0) is 38.3 Å². The Balaban J connectivity index is 1.58. The maximum absolute atomic E-state index is 13.4. The molecule has 0 aromatic carbocycles. The number of halogens is 1. The molecule has 1 aliphatic heterocycles. The smallest absolute Gasteiger partial charge is 0.275 e. The van der Waals surface area contributed by atoms with Gasteiger partial charge in [0, 0.05) is 24.8 Å². The molecule has 29 heavy (non-hydrogen) atoms. The first kappa shape index (κ1) is 19.3. The SMILES string of the molecule is Cc1cnc(C(=O)N2CCCC(Nc3ncc(Cl)cn3)C2C)c(-n2nccn2)c1. The molecule has 150 valence electrons. The van der Waals surface area contributed by atoms with Crippen molar-refractivity contribution in [2.24, 2.45) is 0 Å². The molecule has 9 nitrogen and oxygen atoms in total. The predicted octanol–water partition coefficient (Wildman–Crippen LogP) is 2.52. The lowest BCUT2D eigenvalue weighted by Crippen LogP contribution is -2.52. The number of nitrogens with zero attached hydrogens (tertiary/aromatic N) is 7. The van der Waals surface area contributed by atoms with Gasteiger partial charge in [-0.3, -0.25) is 4.79 Å². The van der Waals surface area contributed by atoms with Gasteiger partial charge in [-0.1, -0.05) is 11.6 Å². The van der Waals surface area contributed by atoms with E-state index in [2.05, 4.69) is 30.5 Å². The zero-order valence-corrected chi connectivity index (χ0v) is 16.9. The van der Waals surface area contributed by atoms with Crippen LogP contribution in [0.1, 0.15) is 35.8 Å². The summed E-state index contributed by atoms with van der Waals surface area (Å²) in [6, 6.07) is 1.81. The second-order valence-corrected chi connectivity index (χ2v) is 7.49.